The number of fused-ring (bicyclic) bond motifs is 1. The molecule has 5 heteroatoms. The molecule has 94 valence electrons. The van der Waals surface area contributed by atoms with Gasteiger partial charge in [-0.25, -0.2) is 4.79 Å². The lowest BCUT2D eigenvalue weighted by Gasteiger charge is -2.07. The fraction of sp³-hybridized carbons (Fsp3) is 0.500. The van der Waals surface area contributed by atoms with Gasteiger partial charge in [0.05, 0.1) is 5.56 Å². The summed E-state index contributed by atoms with van der Waals surface area (Å²) >= 11 is 0. The van der Waals surface area contributed by atoms with E-state index < -0.39 is 0 Å². The summed E-state index contributed by atoms with van der Waals surface area (Å²) in [4.78, 5) is 25.3. The summed E-state index contributed by atoms with van der Waals surface area (Å²) < 4.78 is 2.72. The van der Waals surface area contributed by atoms with E-state index in [2.05, 4.69) is 6.58 Å². The number of hydrogen-bond donors (Lipinski definition) is 0. The number of nitrogens with zero attached hydrogens (tertiary/aromatic N) is 3. The Balaban J connectivity index is 0.000000437. The van der Waals surface area contributed by atoms with Crippen LogP contribution in [0.5, 0.6) is 0 Å². The standard InChI is InChI=1S/C9H13N3O2.C3H6/c1-10-4-6-7(5-10)11(2)9(14)12(3)8(6)13;1-3-2/h4-5H2,1-3H3;3H,1H2,2H3. The Morgan fingerprint density at radius 3 is 2.18 bits per heavy atom. The van der Waals surface area contributed by atoms with Gasteiger partial charge < -0.3 is 0 Å². The highest BCUT2D eigenvalue weighted by atomic mass is 16.2. The lowest BCUT2D eigenvalue weighted by atomic mass is 10.2. The smallest absolute Gasteiger partial charge is 0.299 e. The van der Waals surface area contributed by atoms with Gasteiger partial charge in [-0.3, -0.25) is 18.8 Å². The highest BCUT2D eigenvalue weighted by Crippen LogP contribution is 2.14. The maximum Gasteiger partial charge on any atom is 0.330 e. The Hall–Kier alpha value is -1.62. The summed E-state index contributed by atoms with van der Waals surface area (Å²) in [6.07, 6.45) is 1.75. The largest absolute Gasteiger partial charge is 0.330 e. The number of allylic oxidation sites excluding steroid dienone is 1. The van der Waals surface area contributed by atoms with Crippen LogP contribution < -0.4 is 11.2 Å². The third-order valence-corrected chi connectivity index (χ3v) is 2.74. The molecule has 0 unspecified atom stereocenters. The molecule has 0 saturated heterocycles. The van der Waals surface area contributed by atoms with Gasteiger partial charge in [0.2, 0.25) is 0 Å². The molecule has 0 aromatic carbocycles. The monoisotopic (exact) mass is 237 g/mol. The van der Waals surface area contributed by atoms with Gasteiger partial charge in [0.1, 0.15) is 0 Å². The maximum atomic E-state index is 11.7. The fourth-order valence-corrected chi connectivity index (χ4v) is 1.90. The normalized spacial score (nSPS) is 13.9. The van der Waals surface area contributed by atoms with Crippen LogP contribution in [-0.2, 0) is 27.2 Å². The first-order valence-electron chi connectivity index (χ1n) is 5.47. The van der Waals surface area contributed by atoms with Gasteiger partial charge in [0.25, 0.3) is 5.56 Å². The zero-order valence-corrected chi connectivity index (χ0v) is 10.9. The second kappa shape index (κ2) is 5.14. The van der Waals surface area contributed by atoms with E-state index in [0.717, 1.165) is 15.8 Å². The average molecular weight is 237 g/mol. The van der Waals surface area contributed by atoms with E-state index in [9.17, 15) is 9.59 Å². The van der Waals surface area contributed by atoms with Crippen LogP contribution in [0.2, 0.25) is 0 Å². The summed E-state index contributed by atoms with van der Waals surface area (Å²) in [5.41, 5.74) is 1.19. The first-order chi connectivity index (χ1) is 7.93. The van der Waals surface area contributed by atoms with Crippen LogP contribution >= 0.6 is 0 Å². The van der Waals surface area contributed by atoms with Crippen LogP contribution in [0.15, 0.2) is 22.2 Å². The van der Waals surface area contributed by atoms with Gasteiger partial charge in [-0.05, 0) is 14.0 Å². The molecule has 1 aromatic heterocycles. The molecule has 0 amide bonds. The summed E-state index contributed by atoms with van der Waals surface area (Å²) in [6.45, 7) is 6.56. The summed E-state index contributed by atoms with van der Waals surface area (Å²) in [5.74, 6) is 0. The van der Waals surface area contributed by atoms with Crippen LogP contribution in [-0.4, -0.2) is 21.1 Å². The molecule has 2 rings (SSSR count). The van der Waals surface area contributed by atoms with Crippen molar-refractivity contribution in [3.8, 4) is 0 Å². The molecule has 17 heavy (non-hydrogen) atoms. The lowest BCUT2D eigenvalue weighted by molar-refractivity contribution is 0.348. The molecule has 0 saturated carbocycles. The van der Waals surface area contributed by atoms with Crippen molar-refractivity contribution in [3.63, 3.8) is 0 Å². The summed E-state index contributed by atoms with van der Waals surface area (Å²) in [6, 6.07) is 0. The first-order valence-corrected chi connectivity index (χ1v) is 5.47. The average Bonchev–Trinajstić information content (AvgIpc) is 2.67. The molecule has 5 nitrogen and oxygen atoms in total. The second-order valence-electron chi connectivity index (χ2n) is 4.21. The van der Waals surface area contributed by atoms with Crippen molar-refractivity contribution in [3.05, 3.63) is 44.8 Å². The Bertz CT molecular complexity index is 540. The lowest BCUT2D eigenvalue weighted by Crippen LogP contribution is -2.39. The topological polar surface area (TPSA) is 47.2 Å². The van der Waals surface area contributed by atoms with Crippen LogP contribution in [0.4, 0.5) is 0 Å². The number of rotatable bonds is 0. The third-order valence-electron chi connectivity index (χ3n) is 2.74. The minimum atomic E-state index is -0.246. The molecule has 1 aromatic rings. The number of aromatic nitrogens is 2. The van der Waals surface area contributed by atoms with Crippen LogP contribution in [0.1, 0.15) is 18.2 Å². The van der Waals surface area contributed by atoms with Crippen molar-refractivity contribution >= 4 is 0 Å². The number of hydrogen-bond acceptors (Lipinski definition) is 3. The quantitative estimate of drug-likeness (QED) is 0.607. The van der Waals surface area contributed by atoms with Crippen molar-refractivity contribution in [2.75, 3.05) is 7.05 Å². The molecule has 1 aliphatic heterocycles. The van der Waals surface area contributed by atoms with Crippen molar-refractivity contribution in [1.82, 2.24) is 14.0 Å². The highest BCUT2D eigenvalue weighted by molar-refractivity contribution is 5.22. The molecule has 0 spiro atoms. The first kappa shape index (κ1) is 13.4. The Morgan fingerprint density at radius 1 is 1.12 bits per heavy atom. The molecule has 0 aliphatic carbocycles. The van der Waals surface area contributed by atoms with Gasteiger partial charge in [0, 0.05) is 32.9 Å². The molecular formula is C12H19N3O2. The fourth-order valence-electron chi connectivity index (χ4n) is 1.90. The minimum absolute atomic E-state index is 0.160. The van der Waals surface area contributed by atoms with Gasteiger partial charge in [0.15, 0.2) is 0 Å². The van der Waals surface area contributed by atoms with Gasteiger partial charge in [-0.1, -0.05) is 6.08 Å². The molecule has 0 radical (unpaired) electrons. The highest BCUT2D eigenvalue weighted by Gasteiger charge is 2.23. The predicted molar refractivity (Wildman–Crippen MR) is 68.0 cm³/mol. The zero-order valence-electron chi connectivity index (χ0n) is 10.9. The maximum absolute atomic E-state index is 11.7. The van der Waals surface area contributed by atoms with Crippen LogP contribution in [0.25, 0.3) is 0 Å². The zero-order chi connectivity index (χ0) is 13.2. The molecule has 0 atom stereocenters. The third kappa shape index (κ3) is 2.39. The van der Waals surface area contributed by atoms with E-state index in [1.54, 1.807) is 17.7 Å². The predicted octanol–water partition coefficient (Wildman–Crippen LogP) is 0.222. The van der Waals surface area contributed by atoms with E-state index in [1.165, 1.54) is 7.05 Å². The van der Waals surface area contributed by atoms with Gasteiger partial charge in [-0.15, -0.1) is 6.58 Å². The Morgan fingerprint density at radius 2 is 1.65 bits per heavy atom. The van der Waals surface area contributed by atoms with E-state index in [1.807, 2.05) is 18.9 Å². The van der Waals surface area contributed by atoms with Crippen molar-refractivity contribution in [2.45, 2.75) is 20.0 Å². The van der Waals surface area contributed by atoms with E-state index in [-0.39, 0.29) is 11.2 Å². The van der Waals surface area contributed by atoms with Gasteiger partial charge in [-0.2, -0.15) is 0 Å². The SMILES string of the molecule is C=CC.CN1Cc2c(n(C)c(=O)n(C)c2=O)C1. The second-order valence-corrected chi connectivity index (χ2v) is 4.21. The van der Waals surface area contributed by atoms with Gasteiger partial charge >= 0.3 is 5.69 Å². The summed E-state index contributed by atoms with van der Waals surface area (Å²) in [5, 5.41) is 0. The van der Waals surface area contributed by atoms with Crippen LogP contribution in [0, 0.1) is 0 Å². The van der Waals surface area contributed by atoms with Crippen molar-refractivity contribution in [1.29, 1.82) is 0 Å². The van der Waals surface area contributed by atoms with Crippen molar-refractivity contribution in [2.24, 2.45) is 14.1 Å². The molecular weight excluding hydrogens is 218 g/mol. The minimum Gasteiger partial charge on any atom is -0.299 e. The molecule has 0 fully saturated rings. The Labute approximate surface area is 101 Å². The van der Waals surface area contributed by atoms with E-state index in [4.69, 9.17) is 0 Å². The Kier molecular flexibility index (Phi) is 4.07. The molecule has 0 bridgehead atoms. The van der Waals surface area contributed by atoms with E-state index in [0.29, 0.717) is 13.1 Å². The molecule has 0 N–H and O–H groups in total. The summed E-state index contributed by atoms with van der Waals surface area (Å²) in [7, 11) is 5.16. The van der Waals surface area contributed by atoms with Crippen LogP contribution in [0.3, 0.4) is 0 Å². The molecule has 1 aliphatic rings. The van der Waals surface area contributed by atoms with Crippen molar-refractivity contribution < 1.29 is 0 Å². The molecule has 2 heterocycles. The van der Waals surface area contributed by atoms with E-state index >= 15 is 0 Å².